The van der Waals surface area contributed by atoms with Gasteiger partial charge in [0, 0.05) is 29.5 Å². The Hall–Kier alpha value is -4.55. The van der Waals surface area contributed by atoms with E-state index in [2.05, 4.69) is 0 Å². The number of hydrogen-bond donors (Lipinski definition) is 1. The van der Waals surface area contributed by atoms with Gasteiger partial charge < -0.3 is 24.1 Å². The molecular formula is C34H30O6. The van der Waals surface area contributed by atoms with Crippen molar-refractivity contribution in [2.75, 3.05) is 21.3 Å². The fraction of sp³-hybridized carbons (Fsp3) is 0.206. The van der Waals surface area contributed by atoms with Gasteiger partial charge in [-0.1, -0.05) is 84.9 Å². The molecule has 0 spiro atoms. The maximum Gasteiger partial charge on any atom is 0.218 e. The van der Waals surface area contributed by atoms with Crippen molar-refractivity contribution in [2.24, 2.45) is 5.92 Å². The van der Waals surface area contributed by atoms with Crippen molar-refractivity contribution in [1.29, 1.82) is 0 Å². The Morgan fingerprint density at radius 1 is 0.800 bits per heavy atom. The molecule has 6 heteroatoms. The lowest BCUT2D eigenvalue weighted by atomic mass is 9.75. The van der Waals surface area contributed by atoms with Crippen LogP contribution < -0.4 is 18.9 Å². The van der Waals surface area contributed by atoms with Crippen molar-refractivity contribution in [2.45, 2.75) is 17.1 Å². The van der Waals surface area contributed by atoms with Crippen LogP contribution in [0.3, 0.4) is 0 Å². The summed E-state index contributed by atoms with van der Waals surface area (Å²) in [7, 11) is 4.65. The van der Waals surface area contributed by atoms with Crippen LogP contribution in [0.1, 0.15) is 28.2 Å². The van der Waals surface area contributed by atoms with Gasteiger partial charge in [-0.2, -0.15) is 0 Å². The molecule has 202 valence electrons. The first-order valence-electron chi connectivity index (χ1n) is 13.1. The van der Waals surface area contributed by atoms with Crippen LogP contribution in [0, 0.1) is 5.92 Å². The Morgan fingerprint density at radius 2 is 1.45 bits per heavy atom. The molecule has 1 saturated carbocycles. The first kappa shape index (κ1) is 25.7. The van der Waals surface area contributed by atoms with Gasteiger partial charge in [0.15, 0.2) is 5.60 Å². The fourth-order valence-electron chi connectivity index (χ4n) is 6.28. The molecule has 4 atom stereocenters. The molecule has 1 fully saturated rings. The summed E-state index contributed by atoms with van der Waals surface area (Å²) in [6.45, 7) is 0. The number of hydrogen-bond acceptors (Lipinski definition) is 6. The summed E-state index contributed by atoms with van der Waals surface area (Å²) >= 11 is 0. The monoisotopic (exact) mass is 534 g/mol. The van der Waals surface area contributed by atoms with Gasteiger partial charge in [0.2, 0.25) is 11.4 Å². The molecule has 0 saturated heterocycles. The second kappa shape index (κ2) is 9.88. The summed E-state index contributed by atoms with van der Waals surface area (Å²) < 4.78 is 23.5. The van der Waals surface area contributed by atoms with E-state index in [1.165, 1.54) is 7.11 Å². The van der Waals surface area contributed by atoms with Crippen LogP contribution >= 0.6 is 0 Å². The van der Waals surface area contributed by atoms with Gasteiger partial charge in [0.25, 0.3) is 0 Å². The average Bonchev–Trinajstić information content (AvgIpc) is 3.12. The second-order valence-electron chi connectivity index (χ2n) is 10.0. The first-order valence-corrected chi connectivity index (χ1v) is 13.1. The van der Waals surface area contributed by atoms with Crippen molar-refractivity contribution in [3.8, 4) is 23.0 Å². The molecule has 0 aromatic heterocycles. The SMILES string of the molecule is COc1ccc([C@@]23Oc4cc(OC)cc(OC)c4[C@@](O)(C2=O)[C@H](c2ccccc2)[C@H]3/C=C/c2ccccc2)cc1. The molecule has 4 aromatic rings. The Labute approximate surface area is 233 Å². The third-order valence-corrected chi connectivity index (χ3v) is 8.08. The highest BCUT2D eigenvalue weighted by Gasteiger charge is 2.74. The highest BCUT2D eigenvalue weighted by Crippen LogP contribution is 2.66. The standard InChI is InChI=1S/C34H30O6/c1-37-25-17-15-24(16-18-25)34-27(19-14-22-10-6-4-7-11-22)30(23-12-8-5-9-13-23)33(36,32(34)35)31-28(39-3)20-26(38-2)21-29(31)40-34/h4-21,27,30,36H,1-3H3/b19-14+/t27-,30-,33-,34+/m1/s1. The van der Waals surface area contributed by atoms with E-state index in [1.807, 2.05) is 84.9 Å². The molecule has 1 aliphatic carbocycles. The largest absolute Gasteiger partial charge is 0.497 e. The van der Waals surface area contributed by atoms with Gasteiger partial charge in [0.05, 0.1) is 26.9 Å². The maximum atomic E-state index is 14.9. The lowest BCUT2D eigenvalue weighted by Crippen LogP contribution is -2.51. The van der Waals surface area contributed by atoms with Crippen molar-refractivity contribution < 1.29 is 28.8 Å². The third-order valence-electron chi connectivity index (χ3n) is 8.08. The highest BCUT2D eigenvalue weighted by atomic mass is 16.5. The number of Topliss-reactive ketones (excluding diaryl/α,β-unsaturated/α-hetero) is 1. The number of carbonyl (C=O) groups excluding carboxylic acids is 1. The summed E-state index contributed by atoms with van der Waals surface area (Å²) in [5, 5.41) is 12.8. The molecule has 0 amide bonds. The topological polar surface area (TPSA) is 74.2 Å². The highest BCUT2D eigenvalue weighted by molar-refractivity contribution is 6.04. The smallest absolute Gasteiger partial charge is 0.218 e. The number of fused-ring (bicyclic) bond motifs is 4. The van der Waals surface area contributed by atoms with Gasteiger partial charge in [-0.05, 0) is 23.3 Å². The zero-order chi connectivity index (χ0) is 27.9. The molecule has 2 bridgehead atoms. The summed E-state index contributed by atoms with van der Waals surface area (Å²) in [4.78, 5) is 14.9. The van der Waals surface area contributed by atoms with Crippen LogP contribution in [0.15, 0.2) is 103 Å². The fourth-order valence-corrected chi connectivity index (χ4v) is 6.28. The minimum absolute atomic E-state index is 0.300. The van der Waals surface area contributed by atoms with Gasteiger partial charge >= 0.3 is 0 Å². The summed E-state index contributed by atoms with van der Waals surface area (Å²) in [5.41, 5.74) is -0.808. The first-order chi connectivity index (χ1) is 19.5. The zero-order valence-corrected chi connectivity index (χ0v) is 22.5. The van der Waals surface area contributed by atoms with Gasteiger partial charge in [-0.15, -0.1) is 0 Å². The summed E-state index contributed by atoms with van der Waals surface area (Å²) in [5.74, 6) is 0.0725. The molecule has 0 unspecified atom stereocenters. The van der Waals surface area contributed by atoms with Crippen LogP contribution in [0.5, 0.6) is 23.0 Å². The van der Waals surface area contributed by atoms with E-state index in [-0.39, 0.29) is 0 Å². The van der Waals surface area contributed by atoms with E-state index in [9.17, 15) is 9.90 Å². The Morgan fingerprint density at radius 3 is 2.08 bits per heavy atom. The van der Waals surface area contributed by atoms with Gasteiger partial charge in [-0.3, -0.25) is 4.79 Å². The van der Waals surface area contributed by atoms with E-state index >= 15 is 0 Å². The lowest BCUT2D eigenvalue weighted by Gasteiger charge is -2.39. The quantitative estimate of drug-likeness (QED) is 0.319. The minimum Gasteiger partial charge on any atom is -0.497 e. The van der Waals surface area contributed by atoms with E-state index in [1.54, 1.807) is 38.5 Å². The Bertz CT molecular complexity index is 1560. The minimum atomic E-state index is -1.96. The summed E-state index contributed by atoms with van der Waals surface area (Å²) in [6.07, 6.45) is 3.97. The lowest BCUT2D eigenvalue weighted by molar-refractivity contribution is -0.152. The maximum absolute atomic E-state index is 14.9. The molecule has 6 rings (SSSR count). The predicted octanol–water partition coefficient (Wildman–Crippen LogP) is 5.88. The van der Waals surface area contributed by atoms with Crippen molar-refractivity contribution in [3.05, 3.63) is 125 Å². The van der Waals surface area contributed by atoms with Crippen molar-refractivity contribution in [1.82, 2.24) is 0 Å². The van der Waals surface area contributed by atoms with Crippen LogP contribution in [0.25, 0.3) is 6.08 Å². The molecular weight excluding hydrogens is 504 g/mol. The number of methoxy groups -OCH3 is 3. The molecule has 1 heterocycles. The number of ether oxygens (including phenoxy) is 4. The number of carbonyl (C=O) groups is 1. The molecule has 6 nitrogen and oxygen atoms in total. The Balaban J connectivity index is 1.68. The van der Waals surface area contributed by atoms with Crippen LogP contribution in [-0.2, 0) is 16.0 Å². The third kappa shape index (κ3) is 3.71. The molecule has 40 heavy (non-hydrogen) atoms. The number of aliphatic hydroxyl groups is 1. The molecule has 0 radical (unpaired) electrons. The van der Waals surface area contributed by atoms with E-state index < -0.39 is 28.8 Å². The average molecular weight is 535 g/mol. The van der Waals surface area contributed by atoms with Crippen LogP contribution in [-0.4, -0.2) is 32.2 Å². The van der Waals surface area contributed by atoms with Crippen molar-refractivity contribution >= 4 is 11.9 Å². The molecule has 2 aliphatic rings. The van der Waals surface area contributed by atoms with Crippen molar-refractivity contribution in [3.63, 3.8) is 0 Å². The van der Waals surface area contributed by atoms with E-state index in [0.717, 1.165) is 11.1 Å². The van der Waals surface area contributed by atoms with Crippen LogP contribution in [0.4, 0.5) is 0 Å². The molecule has 1 N–H and O–H groups in total. The molecule has 1 aliphatic heterocycles. The number of ketones is 1. The second-order valence-corrected chi connectivity index (χ2v) is 10.0. The predicted molar refractivity (Wildman–Crippen MR) is 152 cm³/mol. The van der Waals surface area contributed by atoms with E-state index in [0.29, 0.717) is 34.1 Å². The van der Waals surface area contributed by atoms with E-state index in [4.69, 9.17) is 18.9 Å². The number of rotatable bonds is 7. The zero-order valence-electron chi connectivity index (χ0n) is 22.5. The van der Waals surface area contributed by atoms with Crippen LogP contribution in [0.2, 0.25) is 0 Å². The number of benzene rings is 4. The Kier molecular flexibility index (Phi) is 6.35. The van der Waals surface area contributed by atoms with Gasteiger partial charge in [-0.25, -0.2) is 0 Å². The molecule has 4 aromatic carbocycles. The summed E-state index contributed by atoms with van der Waals surface area (Å²) in [6, 6.07) is 30.1. The normalized spacial score (nSPS) is 24.9. The van der Waals surface area contributed by atoms with Gasteiger partial charge in [0.1, 0.15) is 23.0 Å².